The van der Waals surface area contributed by atoms with Gasteiger partial charge in [0.1, 0.15) is 11.6 Å². The maximum absolute atomic E-state index is 13.1. The molecule has 146 valence electrons. The smallest absolute Gasteiger partial charge is 0.305 e. The molecule has 28 heavy (non-hydrogen) atoms. The van der Waals surface area contributed by atoms with Crippen molar-refractivity contribution in [2.24, 2.45) is 5.41 Å². The highest BCUT2D eigenvalue weighted by Gasteiger charge is 2.32. The first-order valence-corrected chi connectivity index (χ1v) is 8.72. The predicted octanol–water partition coefficient (Wildman–Crippen LogP) is 4.50. The fourth-order valence-electron chi connectivity index (χ4n) is 3.12. The minimum atomic E-state index is -4.38. The van der Waals surface area contributed by atoms with E-state index in [1.165, 1.54) is 22.8 Å². The van der Waals surface area contributed by atoms with Crippen molar-refractivity contribution in [1.29, 1.82) is 5.26 Å². The third kappa shape index (κ3) is 4.15. The number of hydrogen-bond acceptors (Lipinski definition) is 4. The number of rotatable bonds is 4. The van der Waals surface area contributed by atoms with Crippen LogP contribution in [0.4, 0.5) is 13.2 Å². The molecule has 1 atom stereocenters. The molecule has 5 nitrogen and oxygen atoms in total. The van der Waals surface area contributed by atoms with Crippen molar-refractivity contribution < 1.29 is 13.2 Å². The first-order chi connectivity index (χ1) is 13.1. The highest BCUT2D eigenvalue weighted by Crippen LogP contribution is 2.36. The fourth-order valence-corrected chi connectivity index (χ4v) is 3.12. The summed E-state index contributed by atoms with van der Waals surface area (Å²) in [7, 11) is 0. The third-order valence-electron chi connectivity index (χ3n) is 4.45. The van der Waals surface area contributed by atoms with Crippen LogP contribution in [0.25, 0.3) is 5.65 Å². The van der Waals surface area contributed by atoms with E-state index in [1.54, 1.807) is 18.5 Å². The lowest BCUT2D eigenvalue weighted by Gasteiger charge is -2.32. The monoisotopic (exact) mass is 387 g/mol. The van der Waals surface area contributed by atoms with E-state index in [4.69, 9.17) is 5.26 Å². The van der Waals surface area contributed by atoms with Crippen LogP contribution in [0.2, 0.25) is 0 Å². The van der Waals surface area contributed by atoms with Crippen molar-refractivity contribution in [3.63, 3.8) is 0 Å². The van der Waals surface area contributed by atoms with E-state index in [-0.39, 0.29) is 11.5 Å². The summed E-state index contributed by atoms with van der Waals surface area (Å²) < 4.78 is 40.8. The van der Waals surface area contributed by atoms with Crippen molar-refractivity contribution in [1.82, 2.24) is 19.9 Å². The summed E-state index contributed by atoms with van der Waals surface area (Å²) in [4.78, 5) is 4.26. The van der Waals surface area contributed by atoms with Crippen molar-refractivity contribution in [2.45, 2.75) is 39.5 Å². The molecule has 0 aliphatic rings. The zero-order chi connectivity index (χ0) is 20.5. The summed E-state index contributed by atoms with van der Waals surface area (Å²) in [5.74, 6) is 0. The van der Waals surface area contributed by atoms with Gasteiger partial charge in [-0.15, -0.1) is 0 Å². The van der Waals surface area contributed by atoms with Crippen molar-refractivity contribution in [3.05, 3.63) is 65.1 Å². The number of halogens is 3. The van der Waals surface area contributed by atoms with Gasteiger partial charge in [-0.3, -0.25) is 0 Å². The Kier molecular flexibility index (Phi) is 5.13. The highest BCUT2D eigenvalue weighted by molar-refractivity contribution is 5.53. The van der Waals surface area contributed by atoms with E-state index < -0.39 is 11.7 Å². The molecule has 8 heteroatoms. The molecule has 3 aromatic rings. The van der Waals surface area contributed by atoms with Crippen LogP contribution in [0.15, 0.2) is 42.9 Å². The number of nitrogens with one attached hydrogen (secondary N) is 1. The molecule has 3 rings (SSSR count). The number of hydrogen-bond donors (Lipinski definition) is 1. The van der Waals surface area contributed by atoms with Gasteiger partial charge in [-0.25, -0.2) is 9.50 Å². The van der Waals surface area contributed by atoms with Crippen LogP contribution in [-0.2, 0) is 12.7 Å². The van der Waals surface area contributed by atoms with Crippen LogP contribution in [0.3, 0.4) is 0 Å². The predicted molar refractivity (Wildman–Crippen MR) is 98.2 cm³/mol. The maximum Gasteiger partial charge on any atom is 0.416 e. The van der Waals surface area contributed by atoms with Gasteiger partial charge in [-0.05, 0) is 23.1 Å². The Morgan fingerprint density at radius 1 is 1.21 bits per heavy atom. The number of aromatic nitrogens is 3. The van der Waals surface area contributed by atoms with Crippen LogP contribution in [-0.4, -0.2) is 14.6 Å². The Balaban J connectivity index is 1.86. The standard InChI is InChI=1S/C20H20F3N5/c1-19(2,3)17(14-5-4-6-16(7-14)20(21,22)23)25-9-13-10-26-18-15(8-24)11-27-28(18)12-13/h4-7,10-12,17,25H,9H2,1-3H3. The number of fused-ring (bicyclic) bond motifs is 1. The van der Waals surface area contributed by atoms with E-state index in [0.717, 1.165) is 11.6 Å². The second kappa shape index (κ2) is 7.24. The number of nitriles is 1. The molecule has 0 bridgehead atoms. The molecular weight excluding hydrogens is 367 g/mol. The molecular formula is C20H20F3N5. The molecule has 0 amide bonds. The summed E-state index contributed by atoms with van der Waals surface area (Å²) in [5, 5.41) is 16.5. The van der Waals surface area contributed by atoms with Gasteiger partial charge in [0.15, 0.2) is 5.65 Å². The molecule has 2 heterocycles. The number of benzene rings is 1. The second-order valence-electron chi connectivity index (χ2n) is 7.70. The average molecular weight is 387 g/mol. The summed E-state index contributed by atoms with van der Waals surface area (Å²) in [5.41, 5.74) is 1.25. The molecule has 2 aromatic heterocycles. The first kappa shape index (κ1) is 19.8. The summed E-state index contributed by atoms with van der Waals surface area (Å²) in [6.45, 7) is 6.31. The lowest BCUT2D eigenvalue weighted by atomic mass is 9.82. The molecule has 0 aliphatic carbocycles. The van der Waals surface area contributed by atoms with Crippen molar-refractivity contribution >= 4 is 5.65 Å². The second-order valence-corrected chi connectivity index (χ2v) is 7.70. The molecule has 0 saturated heterocycles. The van der Waals surface area contributed by atoms with E-state index in [1.807, 2.05) is 26.8 Å². The fraction of sp³-hybridized carbons (Fsp3) is 0.350. The molecule has 0 saturated carbocycles. The molecule has 1 N–H and O–H groups in total. The minimum absolute atomic E-state index is 0.308. The lowest BCUT2D eigenvalue weighted by Crippen LogP contribution is -2.32. The molecule has 0 fully saturated rings. The van der Waals surface area contributed by atoms with Gasteiger partial charge in [-0.2, -0.15) is 23.5 Å². The van der Waals surface area contributed by atoms with Gasteiger partial charge >= 0.3 is 6.18 Å². The topological polar surface area (TPSA) is 66.0 Å². The number of alkyl halides is 3. The van der Waals surface area contributed by atoms with E-state index in [9.17, 15) is 13.2 Å². The molecule has 0 spiro atoms. The quantitative estimate of drug-likeness (QED) is 0.716. The number of nitrogens with zero attached hydrogens (tertiary/aromatic N) is 4. The molecule has 1 unspecified atom stereocenters. The Labute approximate surface area is 160 Å². The van der Waals surface area contributed by atoms with Crippen LogP contribution in [0.1, 0.15) is 49.1 Å². The normalized spacial score (nSPS) is 13.5. The van der Waals surface area contributed by atoms with Crippen LogP contribution >= 0.6 is 0 Å². The van der Waals surface area contributed by atoms with Gasteiger partial charge in [0.25, 0.3) is 0 Å². The Bertz CT molecular complexity index is 1020. The Morgan fingerprint density at radius 2 is 1.96 bits per heavy atom. The van der Waals surface area contributed by atoms with Gasteiger partial charge in [0, 0.05) is 30.5 Å². The SMILES string of the molecule is CC(C)(C)C(NCc1cnc2c(C#N)cnn2c1)c1cccc(C(F)(F)F)c1. The van der Waals surface area contributed by atoms with Gasteiger partial charge < -0.3 is 5.32 Å². The van der Waals surface area contributed by atoms with Gasteiger partial charge in [-0.1, -0.05) is 32.9 Å². The van der Waals surface area contributed by atoms with Crippen LogP contribution in [0.5, 0.6) is 0 Å². The zero-order valence-electron chi connectivity index (χ0n) is 15.7. The minimum Gasteiger partial charge on any atom is -0.305 e. The largest absolute Gasteiger partial charge is 0.416 e. The van der Waals surface area contributed by atoms with Crippen LogP contribution < -0.4 is 5.32 Å². The third-order valence-corrected chi connectivity index (χ3v) is 4.45. The summed E-state index contributed by atoms with van der Waals surface area (Å²) >= 11 is 0. The van der Waals surface area contributed by atoms with Crippen molar-refractivity contribution in [3.8, 4) is 6.07 Å². The van der Waals surface area contributed by atoms with Crippen molar-refractivity contribution in [2.75, 3.05) is 0 Å². The maximum atomic E-state index is 13.1. The zero-order valence-corrected chi connectivity index (χ0v) is 15.7. The van der Waals surface area contributed by atoms with Crippen LogP contribution in [0, 0.1) is 16.7 Å². The van der Waals surface area contributed by atoms with Gasteiger partial charge in [0.2, 0.25) is 0 Å². The van der Waals surface area contributed by atoms with E-state index in [2.05, 4.69) is 15.4 Å². The first-order valence-electron chi connectivity index (χ1n) is 8.72. The average Bonchev–Trinajstić information content (AvgIpc) is 3.02. The lowest BCUT2D eigenvalue weighted by molar-refractivity contribution is -0.137. The molecule has 0 radical (unpaired) electrons. The van der Waals surface area contributed by atoms with E-state index in [0.29, 0.717) is 23.3 Å². The highest BCUT2D eigenvalue weighted by atomic mass is 19.4. The van der Waals surface area contributed by atoms with Gasteiger partial charge in [0.05, 0.1) is 11.8 Å². The Hall–Kier alpha value is -2.92. The summed E-state index contributed by atoms with van der Waals surface area (Å²) in [6, 6.07) is 7.11. The summed E-state index contributed by atoms with van der Waals surface area (Å²) in [6.07, 6.45) is 0.449. The molecule has 0 aliphatic heterocycles. The van der Waals surface area contributed by atoms with E-state index >= 15 is 0 Å². The molecule has 1 aromatic carbocycles. The Morgan fingerprint density at radius 3 is 2.61 bits per heavy atom.